The van der Waals surface area contributed by atoms with Gasteiger partial charge in [0.2, 0.25) is 0 Å². The molecule has 1 rings (SSSR count). The molecule has 0 aliphatic rings. The van der Waals surface area contributed by atoms with E-state index in [0.717, 1.165) is 5.69 Å². The van der Waals surface area contributed by atoms with Crippen molar-refractivity contribution in [3.63, 3.8) is 0 Å². The quantitative estimate of drug-likeness (QED) is 0.678. The number of aliphatic hydroxyl groups excluding tert-OH is 2. The molecule has 5 nitrogen and oxygen atoms in total. The van der Waals surface area contributed by atoms with Crippen LogP contribution in [-0.4, -0.2) is 43.0 Å². The van der Waals surface area contributed by atoms with E-state index in [9.17, 15) is 4.79 Å². The predicted octanol–water partition coefficient (Wildman–Crippen LogP) is -0.0764. The summed E-state index contributed by atoms with van der Waals surface area (Å²) in [6.07, 6.45) is 0. The first-order chi connectivity index (χ1) is 7.81. The molecule has 0 spiro atoms. The first kappa shape index (κ1) is 12.5. The molecule has 0 atom stereocenters. The third-order valence-corrected chi connectivity index (χ3v) is 2.10. The van der Waals surface area contributed by atoms with Crippen LogP contribution < -0.4 is 9.64 Å². The van der Waals surface area contributed by atoms with Crippen molar-refractivity contribution in [3.05, 3.63) is 24.3 Å². The molecule has 0 aliphatic heterocycles. The number of anilines is 1. The lowest BCUT2D eigenvalue weighted by atomic mass is 10.2. The molecule has 1 aromatic rings. The standard InChI is InChI=1S/C11H14NO4/c13-7-5-12(6-8-14)10-1-3-11(4-2-10)16-9-15/h1-4,13-14H,5-8H2. The molecular formula is C11H14NO4. The molecule has 0 amide bonds. The van der Waals surface area contributed by atoms with Gasteiger partial charge in [0.25, 0.3) is 0 Å². The fourth-order valence-corrected chi connectivity index (χ4v) is 1.38. The van der Waals surface area contributed by atoms with E-state index in [1.165, 1.54) is 6.47 Å². The van der Waals surface area contributed by atoms with Crippen LogP contribution in [-0.2, 0) is 4.79 Å². The van der Waals surface area contributed by atoms with E-state index >= 15 is 0 Å². The van der Waals surface area contributed by atoms with Crippen molar-refractivity contribution in [3.8, 4) is 5.75 Å². The molecule has 0 unspecified atom stereocenters. The van der Waals surface area contributed by atoms with E-state index in [1.54, 1.807) is 24.3 Å². The Morgan fingerprint density at radius 3 is 2.12 bits per heavy atom. The number of hydrogen-bond donors (Lipinski definition) is 2. The minimum atomic E-state index is 0.0143. The van der Waals surface area contributed by atoms with Gasteiger partial charge in [-0.3, -0.25) is 0 Å². The van der Waals surface area contributed by atoms with Crippen LogP contribution in [0, 0.1) is 0 Å². The molecule has 5 heteroatoms. The zero-order valence-corrected chi connectivity index (χ0v) is 8.80. The summed E-state index contributed by atoms with van der Waals surface area (Å²) in [7, 11) is 0. The van der Waals surface area contributed by atoms with E-state index in [4.69, 9.17) is 10.2 Å². The minimum Gasteiger partial charge on any atom is -0.418 e. The normalized spacial score (nSPS) is 9.88. The van der Waals surface area contributed by atoms with Gasteiger partial charge in [0, 0.05) is 18.8 Å². The molecule has 0 bridgehead atoms. The van der Waals surface area contributed by atoms with Crippen LogP contribution in [0.25, 0.3) is 0 Å². The van der Waals surface area contributed by atoms with Gasteiger partial charge in [0.1, 0.15) is 5.75 Å². The van der Waals surface area contributed by atoms with Gasteiger partial charge in [-0.25, -0.2) is 4.79 Å². The summed E-state index contributed by atoms with van der Waals surface area (Å²) in [5, 5.41) is 17.7. The number of nitrogens with zero attached hydrogens (tertiary/aromatic N) is 1. The van der Waals surface area contributed by atoms with Gasteiger partial charge in [0.15, 0.2) is 0 Å². The molecule has 87 valence electrons. The number of carbonyl (C=O) groups excluding carboxylic acids is 1. The second kappa shape index (κ2) is 6.81. The van der Waals surface area contributed by atoms with Crippen LogP contribution in [0.15, 0.2) is 24.3 Å². The van der Waals surface area contributed by atoms with Gasteiger partial charge in [-0.15, -0.1) is 0 Å². The van der Waals surface area contributed by atoms with Crippen molar-refractivity contribution in [1.29, 1.82) is 0 Å². The number of hydrogen-bond acceptors (Lipinski definition) is 5. The maximum Gasteiger partial charge on any atom is 0.423 e. The topological polar surface area (TPSA) is 70.0 Å². The second-order valence-electron chi connectivity index (χ2n) is 3.11. The molecule has 0 aliphatic carbocycles. The summed E-state index contributed by atoms with van der Waals surface area (Å²) in [5.41, 5.74) is 0.848. The van der Waals surface area contributed by atoms with Gasteiger partial charge >= 0.3 is 6.47 Å². The highest BCUT2D eigenvalue weighted by molar-refractivity contribution is 5.52. The molecule has 0 heterocycles. The van der Waals surface area contributed by atoms with Gasteiger partial charge in [-0.05, 0) is 24.3 Å². The molecule has 1 radical (unpaired) electrons. The molecule has 2 N–H and O–H groups in total. The Morgan fingerprint density at radius 2 is 1.69 bits per heavy atom. The molecule has 0 saturated heterocycles. The highest BCUT2D eigenvalue weighted by atomic mass is 16.5. The predicted molar refractivity (Wildman–Crippen MR) is 59.1 cm³/mol. The third-order valence-electron chi connectivity index (χ3n) is 2.10. The molecule has 16 heavy (non-hydrogen) atoms. The van der Waals surface area contributed by atoms with Crippen molar-refractivity contribution in [2.75, 3.05) is 31.2 Å². The van der Waals surface area contributed by atoms with E-state index in [2.05, 4.69) is 4.74 Å². The average molecular weight is 224 g/mol. The van der Waals surface area contributed by atoms with Crippen molar-refractivity contribution in [1.82, 2.24) is 0 Å². The van der Waals surface area contributed by atoms with Gasteiger partial charge < -0.3 is 19.8 Å². The summed E-state index contributed by atoms with van der Waals surface area (Å²) >= 11 is 0. The Kier molecular flexibility index (Phi) is 5.31. The van der Waals surface area contributed by atoms with Crippen LogP contribution in [0.3, 0.4) is 0 Å². The summed E-state index contributed by atoms with van der Waals surface area (Å²) in [4.78, 5) is 11.8. The van der Waals surface area contributed by atoms with E-state index in [0.29, 0.717) is 18.8 Å². The van der Waals surface area contributed by atoms with Gasteiger partial charge in [-0.1, -0.05) is 0 Å². The molecular weight excluding hydrogens is 210 g/mol. The Labute approximate surface area is 93.9 Å². The van der Waals surface area contributed by atoms with Crippen molar-refractivity contribution in [2.24, 2.45) is 0 Å². The summed E-state index contributed by atoms with van der Waals surface area (Å²) < 4.78 is 4.54. The molecule has 0 saturated carbocycles. The number of ether oxygens (including phenoxy) is 1. The first-order valence-electron chi connectivity index (χ1n) is 4.92. The zero-order chi connectivity index (χ0) is 11.8. The fraction of sp³-hybridized carbons (Fsp3) is 0.364. The number of aliphatic hydroxyl groups is 2. The van der Waals surface area contributed by atoms with E-state index in [-0.39, 0.29) is 13.2 Å². The van der Waals surface area contributed by atoms with Gasteiger partial charge in [0.05, 0.1) is 13.2 Å². The van der Waals surface area contributed by atoms with Gasteiger partial charge in [-0.2, -0.15) is 0 Å². The summed E-state index contributed by atoms with van der Waals surface area (Å²) in [6.45, 7) is 2.26. The Bertz CT molecular complexity index is 306. The van der Waals surface area contributed by atoms with Crippen LogP contribution >= 0.6 is 0 Å². The maximum absolute atomic E-state index is 9.97. The van der Waals surface area contributed by atoms with E-state index < -0.39 is 0 Å². The average Bonchev–Trinajstić information content (AvgIpc) is 2.30. The van der Waals surface area contributed by atoms with Crippen LogP contribution in [0.1, 0.15) is 0 Å². The van der Waals surface area contributed by atoms with Crippen molar-refractivity contribution in [2.45, 2.75) is 0 Å². The molecule has 0 fully saturated rings. The zero-order valence-electron chi connectivity index (χ0n) is 8.80. The lowest BCUT2D eigenvalue weighted by Crippen LogP contribution is -2.29. The first-order valence-corrected chi connectivity index (χ1v) is 4.92. The largest absolute Gasteiger partial charge is 0.423 e. The summed E-state index contributed by atoms with van der Waals surface area (Å²) in [6, 6.07) is 6.75. The SMILES string of the molecule is O=[C]Oc1ccc(N(CCO)CCO)cc1. The Balaban J connectivity index is 2.72. The van der Waals surface area contributed by atoms with Crippen molar-refractivity contribution < 1.29 is 19.7 Å². The number of rotatable bonds is 7. The Morgan fingerprint density at radius 1 is 1.12 bits per heavy atom. The smallest absolute Gasteiger partial charge is 0.418 e. The third kappa shape index (κ3) is 3.52. The molecule has 1 aromatic carbocycles. The highest BCUT2D eigenvalue weighted by Crippen LogP contribution is 2.18. The highest BCUT2D eigenvalue weighted by Gasteiger charge is 2.05. The summed E-state index contributed by atoms with van der Waals surface area (Å²) in [5.74, 6) is 0.409. The fourth-order valence-electron chi connectivity index (χ4n) is 1.38. The van der Waals surface area contributed by atoms with Crippen LogP contribution in [0.4, 0.5) is 5.69 Å². The maximum atomic E-state index is 9.97. The Hall–Kier alpha value is -1.59. The van der Waals surface area contributed by atoms with Crippen LogP contribution in [0.5, 0.6) is 5.75 Å². The lowest BCUT2D eigenvalue weighted by Gasteiger charge is -2.22. The van der Waals surface area contributed by atoms with Crippen LogP contribution in [0.2, 0.25) is 0 Å². The second-order valence-corrected chi connectivity index (χ2v) is 3.11. The minimum absolute atomic E-state index is 0.0143. The number of benzene rings is 1. The van der Waals surface area contributed by atoms with Crippen molar-refractivity contribution >= 4 is 12.2 Å². The monoisotopic (exact) mass is 224 g/mol. The van der Waals surface area contributed by atoms with E-state index in [1.807, 2.05) is 4.90 Å². The molecule has 0 aromatic heterocycles. The lowest BCUT2D eigenvalue weighted by molar-refractivity contribution is 0.281.